The minimum absolute atomic E-state index is 0.0614. The van der Waals surface area contributed by atoms with E-state index in [1.807, 2.05) is 0 Å². The topological polar surface area (TPSA) is 50.4 Å². The highest BCUT2D eigenvalue weighted by molar-refractivity contribution is 5.89. The summed E-state index contributed by atoms with van der Waals surface area (Å²) < 4.78 is 31.4. The highest BCUT2D eigenvalue weighted by Gasteiger charge is 2.18. The Morgan fingerprint density at radius 1 is 1.26 bits per heavy atom. The molecule has 1 aliphatic carbocycles. The first-order chi connectivity index (χ1) is 9.10. The van der Waals surface area contributed by atoms with Crippen molar-refractivity contribution < 1.29 is 18.3 Å². The molecule has 0 unspecified atom stereocenters. The van der Waals surface area contributed by atoms with Crippen LogP contribution in [0.4, 0.5) is 19.3 Å². The number of carbonyl (C=O) groups excluding carboxylic acids is 1. The molecule has 1 aromatic carbocycles. The van der Waals surface area contributed by atoms with Gasteiger partial charge >= 0.3 is 6.03 Å². The van der Waals surface area contributed by atoms with Crippen LogP contribution in [0, 0.1) is 11.6 Å². The van der Waals surface area contributed by atoms with Gasteiger partial charge in [-0.2, -0.15) is 0 Å². The average Bonchev–Trinajstić information content (AvgIpc) is 2.81. The van der Waals surface area contributed by atoms with Crippen LogP contribution >= 0.6 is 0 Å². The Bertz CT molecular complexity index is 451. The molecule has 0 aliphatic heterocycles. The summed E-state index contributed by atoms with van der Waals surface area (Å²) >= 11 is 0. The molecule has 6 heteroatoms. The number of amides is 2. The first-order valence-electron chi connectivity index (χ1n) is 6.20. The van der Waals surface area contributed by atoms with Crippen LogP contribution in [0.1, 0.15) is 25.7 Å². The molecule has 0 heterocycles. The third-order valence-corrected chi connectivity index (χ3v) is 3.15. The van der Waals surface area contributed by atoms with Crippen LogP contribution in [0.3, 0.4) is 0 Å². The number of carbonyl (C=O) groups is 1. The van der Waals surface area contributed by atoms with Gasteiger partial charge in [0.15, 0.2) is 17.4 Å². The van der Waals surface area contributed by atoms with E-state index >= 15 is 0 Å². The van der Waals surface area contributed by atoms with Crippen molar-refractivity contribution in [3.8, 4) is 5.75 Å². The van der Waals surface area contributed by atoms with E-state index in [9.17, 15) is 13.6 Å². The smallest absolute Gasteiger partial charge is 0.319 e. The zero-order valence-corrected chi connectivity index (χ0v) is 10.6. The van der Waals surface area contributed by atoms with E-state index in [0.29, 0.717) is 0 Å². The van der Waals surface area contributed by atoms with Gasteiger partial charge in [-0.25, -0.2) is 13.6 Å². The number of ether oxygens (including phenoxy) is 1. The van der Waals surface area contributed by atoms with Gasteiger partial charge in [0.05, 0.1) is 7.11 Å². The largest absolute Gasteiger partial charge is 0.491 e. The molecule has 0 atom stereocenters. The number of rotatable bonds is 3. The standard InChI is InChI=1S/C13H16F2N2O2/c1-19-12-10(14)6-9(7-11(12)15)17-13(18)16-8-4-2-3-5-8/h6-8H,2-5H2,1H3,(H2,16,17,18). The molecule has 0 radical (unpaired) electrons. The van der Waals surface area contributed by atoms with Gasteiger partial charge < -0.3 is 15.4 Å². The quantitative estimate of drug-likeness (QED) is 0.887. The molecule has 1 aromatic rings. The van der Waals surface area contributed by atoms with Gasteiger partial charge in [-0.1, -0.05) is 12.8 Å². The van der Waals surface area contributed by atoms with Gasteiger partial charge in [0, 0.05) is 23.9 Å². The number of benzene rings is 1. The van der Waals surface area contributed by atoms with E-state index in [4.69, 9.17) is 0 Å². The lowest BCUT2D eigenvalue weighted by Crippen LogP contribution is -2.36. The molecule has 0 saturated heterocycles. The summed E-state index contributed by atoms with van der Waals surface area (Å²) in [6.07, 6.45) is 4.07. The second-order valence-electron chi connectivity index (χ2n) is 4.55. The van der Waals surface area contributed by atoms with Crippen molar-refractivity contribution in [3.63, 3.8) is 0 Å². The Labute approximate surface area is 110 Å². The lowest BCUT2D eigenvalue weighted by Gasteiger charge is -2.13. The van der Waals surface area contributed by atoms with Gasteiger partial charge in [0.1, 0.15) is 0 Å². The van der Waals surface area contributed by atoms with Gasteiger partial charge in [-0.05, 0) is 12.8 Å². The maximum Gasteiger partial charge on any atom is 0.319 e. The lowest BCUT2D eigenvalue weighted by atomic mass is 10.2. The van der Waals surface area contributed by atoms with Crippen LogP contribution in [0.2, 0.25) is 0 Å². The first-order valence-corrected chi connectivity index (χ1v) is 6.20. The summed E-state index contributed by atoms with van der Waals surface area (Å²) in [5.74, 6) is -2.15. The average molecular weight is 270 g/mol. The van der Waals surface area contributed by atoms with Crippen LogP contribution in [0.15, 0.2) is 12.1 Å². The molecule has 0 bridgehead atoms. The summed E-state index contributed by atoms with van der Waals surface area (Å²) in [6.45, 7) is 0. The number of methoxy groups -OCH3 is 1. The van der Waals surface area contributed by atoms with E-state index in [1.165, 1.54) is 7.11 Å². The molecule has 0 aromatic heterocycles. The summed E-state index contributed by atoms with van der Waals surface area (Å²) in [6, 6.07) is 1.75. The molecule has 1 aliphatic rings. The second kappa shape index (κ2) is 5.86. The number of urea groups is 1. The molecule has 104 valence electrons. The number of halogens is 2. The Hall–Kier alpha value is -1.85. The zero-order valence-electron chi connectivity index (χ0n) is 10.6. The van der Waals surface area contributed by atoms with Gasteiger partial charge in [0.2, 0.25) is 0 Å². The van der Waals surface area contributed by atoms with Crippen LogP contribution < -0.4 is 15.4 Å². The van der Waals surface area contributed by atoms with Crippen molar-refractivity contribution >= 4 is 11.7 Å². The zero-order chi connectivity index (χ0) is 13.8. The maximum atomic E-state index is 13.4. The SMILES string of the molecule is COc1c(F)cc(NC(=O)NC2CCCC2)cc1F. The second-order valence-corrected chi connectivity index (χ2v) is 4.55. The predicted octanol–water partition coefficient (Wildman–Crippen LogP) is 3.04. The van der Waals surface area contributed by atoms with Crippen molar-refractivity contribution in [1.29, 1.82) is 0 Å². The van der Waals surface area contributed by atoms with Crippen molar-refractivity contribution in [1.82, 2.24) is 5.32 Å². The number of hydrogen-bond acceptors (Lipinski definition) is 2. The fourth-order valence-electron chi connectivity index (χ4n) is 2.25. The monoisotopic (exact) mass is 270 g/mol. The lowest BCUT2D eigenvalue weighted by molar-refractivity contribution is 0.248. The fourth-order valence-corrected chi connectivity index (χ4v) is 2.25. The van der Waals surface area contributed by atoms with E-state index in [-0.39, 0.29) is 11.7 Å². The Kier molecular flexibility index (Phi) is 4.19. The molecule has 1 fully saturated rings. The van der Waals surface area contributed by atoms with Crippen molar-refractivity contribution in [3.05, 3.63) is 23.8 Å². The molecule has 2 N–H and O–H groups in total. The Balaban J connectivity index is 2.00. The molecule has 19 heavy (non-hydrogen) atoms. The highest BCUT2D eigenvalue weighted by Crippen LogP contribution is 2.25. The maximum absolute atomic E-state index is 13.4. The van der Waals surface area contributed by atoms with Gasteiger partial charge in [0.25, 0.3) is 0 Å². The molecule has 2 rings (SSSR count). The van der Waals surface area contributed by atoms with Crippen LogP contribution in [-0.4, -0.2) is 19.2 Å². The molecule has 4 nitrogen and oxygen atoms in total. The third-order valence-electron chi connectivity index (χ3n) is 3.15. The van der Waals surface area contributed by atoms with Crippen LogP contribution in [-0.2, 0) is 0 Å². The Morgan fingerprint density at radius 2 is 1.84 bits per heavy atom. The van der Waals surface area contributed by atoms with Crippen molar-refractivity contribution in [2.24, 2.45) is 0 Å². The number of nitrogens with one attached hydrogen (secondary N) is 2. The first kappa shape index (κ1) is 13.6. The van der Waals surface area contributed by atoms with Crippen LogP contribution in [0.25, 0.3) is 0 Å². The normalized spacial score (nSPS) is 15.3. The van der Waals surface area contributed by atoms with Gasteiger partial charge in [-0.15, -0.1) is 0 Å². The molecule has 2 amide bonds. The fraction of sp³-hybridized carbons (Fsp3) is 0.462. The third kappa shape index (κ3) is 3.33. The molecular formula is C13H16F2N2O2. The molecular weight excluding hydrogens is 254 g/mol. The van der Waals surface area contributed by atoms with Crippen molar-refractivity contribution in [2.45, 2.75) is 31.7 Å². The molecule has 1 saturated carbocycles. The summed E-state index contributed by atoms with van der Waals surface area (Å²) in [5.41, 5.74) is 0.0614. The van der Waals surface area contributed by atoms with Gasteiger partial charge in [-0.3, -0.25) is 0 Å². The number of hydrogen-bond donors (Lipinski definition) is 2. The summed E-state index contributed by atoms with van der Waals surface area (Å²) in [4.78, 5) is 11.6. The van der Waals surface area contributed by atoms with E-state index in [2.05, 4.69) is 15.4 Å². The highest BCUT2D eigenvalue weighted by atomic mass is 19.1. The summed E-state index contributed by atoms with van der Waals surface area (Å²) in [5, 5.41) is 5.18. The number of anilines is 1. The minimum Gasteiger partial charge on any atom is -0.491 e. The van der Waals surface area contributed by atoms with E-state index in [0.717, 1.165) is 37.8 Å². The molecule has 0 spiro atoms. The van der Waals surface area contributed by atoms with E-state index < -0.39 is 23.4 Å². The van der Waals surface area contributed by atoms with Crippen LogP contribution in [0.5, 0.6) is 5.75 Å². The Morgan fingerprint density at radius 3 is 2.37 bits per heavy atom. The summed E-state index contributed by atoms with van der Waals surface area (Å²) in [7, 11) is 1.18. The van der Waals surface area contributed by atoms with Crippen molar-refractivity contribution in [2.75, 3.05) is 12.4 Å². The minimum atomic E-state index is -0.848. The predicted molar refractivity (Wildman–Crippen MR) is 67.3 cm³/mol. The van der Waals surface area contributed by atoms with E-state index in [1.54, 1.807) is 0 Å².